The van der Waals surface area contributed by atoms with E-state index in [1.807, 2.05) is 127 Å². The average Bonchev–Trinajstić information content (AvgIpc) is 3.84. The first kappa shape index (κ1) is 36.5. The number of hydrogen-bond donors (Lipinski definition) is 7. The largest absolute Gasteiger partial charge is 0.509 e. The molecule has 7 N–H and O–H groups in total. The van der Waals surface area contributed by atoms with E-state index in [-0.39, 0.29) is 66.3 Å². The number of rotatable bonds is 5. The summed E-state index contributed by atoms with van der Waals surface area (Å²) in [5, 5.41) is 84.2. The lowest BCUT2D eigenvalue weighted by Gasteiger charge is -2.15. The van der Waals surface area contributed by atoms with Gasteiger partial charge in [0.15, 0.2) is 23.0 Å². The van der Waals surface area contributed by atoms with E-state index in [0.717, 1.165) is 33.4 Å². The van der Waals surface area contributed by atoms with E-state index in [0.29, 0.717) is 22.4 Å². The minimum absolute atomic E-state index is 0.00189. The van der Waals surface area contributed by atoms with Crippen LogP contribution in [0.25, 0.3) is 88.4 Å². The topological polar surface area (TPSA) is 151 Å². The third-order valence-electron chi connectivity index (χ3n) is 12.0. The Morgan fingerprint density at radius 3 is 1.13 bits per heavy atom. The van der Waals surface area contributed by atoms with Gasteiger partial charge in [-0.05, 0) is 74.0 Å². The van der Waals surface area contributed by atoms with Crippen LogP contribution in [0.4, 0.5) is 0 Å². The van der Waals surface area contributed by atoms with Crippen molar-refractivity contribution in [2.45, 2.75) is 0 Å². The first-order valence-electron chi connectivity index (χ1n) is 19.4. The highest BCUT2D eigenvalue weighted by molar-refractivity contribution is 6.50. The van der Waals surface area contributed by atoms with Crippen molar-refractivity contribution in [1.82, 2.24) is 9.13 Å². The van der Waals surface area contributed by atoms with Crippen molar-refractivity contribution in [3.05, 3.63) is 133 Å². The van der Waals surface area contributed by atoms with Crippen LogP contribution < -0.4 is 16.4 Å². The molecule has 0 saturated carbocycles. The molecule has 0 bridgehead atoms. The molecule has 0 saturated heterocycles. The van der Waals surface area contributed by atoms with Crippen molar-refractivity contribution in [3.63, 3.8) is 0 Å². The van der Waals surface area contributed by atoms with Gasteiger partial charge in [-0.1, -0.05) is 109 Å². The Morgan fingerprint density at radius 1 is 0.283 bits per heavy atom. The van der Waals surface area contributed by atoms with Gasteiger partial charge < -0.3 is 44.9 Å². The van der Waals surface area contributed by atoms with Crippen LogP contribution in [0, 0.1) is 0 Å². The van der Waals surface area contributed by atoms with Crippen LogP contribution in [0.1, 0.15) is 0 Å². The monoisotopic (exact) mass is 784 g/mol. The van der Waals surface area contributed by atoms with Crippen molar-refractivity contribution in [2.75, 3.05) is 0 Å². The summed E-state index contributed by atoms with van der Waals surface area (Å²) in [7, 11) is 4.76. The SMILES string of the molecule is Bc1c(O)c(B)c2c(c1O)c1c3c4c(O)c(B)c(O)c(O)c4n(-c4cccc(-c5ccc(-c6ccccc6)cc5)c4)c3c(O)c(O)c1n2-c1cccc(-c2ccccc2)c1. The Morgan fingerprint density at radius 2 is 0.633 bits per heavy atom. The first-order chi connectivity index (χ1) is 29.0. The van der Waals surface area contributed by atoms with Gasteiger partial charge in [-0.25, -0.2) is 0 Å². The summed E-state index contributed by atoms with van der Waals surface area (Å²) in [5.41, 5.74) is 7.52. The molecule has 2 aromatic heterocycles. The van der Waals surface area contributed by atoms with E-state index in [9.17, 15) is 35.7 Å². The molecule has 0 aliphatic rings. The molecule has 0 radical (unpaired) electrons. The molecule has 9 nitrogen and oxygen atoms in total. The van der Waals surface area contributed by atoms with E-state index in [1.165, 1.54) is 12.4 Å². The number of aromatic hydroxyl groups is 7. The first-order valence-corrected chi connectivity index (χ1v) is 19.4. The van der Waals surface area contributed by atoms with Crippen LogP contribution in [-0.2, 0) is 0 Å². The molecule has 288 valence electrons. The van der Waals surface area contributed by atoms with Gasteiger partial charge in [-0.15, -0.1) is 0 Å². The lowest BCUT2D eigenvalue weighted by molar-refractivity contribution is 0.405. The van der Waals surface area contributed by atoms with Gasteiger partial charge in [0, 0.05) is 27.5 Å². The number of hydrogen-bond acceptors (Lipinski definition) is 7. The molecule has 12 heteroatoms. The molecule has 0 spiro atoms. The zero-order valence-corrected chi connectivity index (χ0v) is 32.7. The number of fused-ring (bicyclic) bond motifs is 7. The maximum absolute atomic E-state index is 12.4. The predicted molar refractivity (Wildman–Crippen MR) is 248 cm³/mol. The second kappa shape index (κ2) is 13.4. The minimum Gasteiger partial charge on any atom is -0.509 e. The van der Waals surface area contributed by atoms with Gasteiger partial charge in [0.05, 0.1) is 10.9 Å². The molecular formula is C48H35B3N2O7. The summed E-state index contributed by atoms with van der Waals surface area (Å²) < 4.78 is 3.19. The Balaban J connectivity index is 1.35. The maximum atomic E-state index is 12.4. The average molecular weight is 784 g/mol. The molecule has 2 heterocycles. The summed E-state index contributed by atoms with van der Waals surface area (Å²) in [6, 6.07) is 42.7. The normalized spacial score (nSPS) is 11.7. The van der Waals surface area contributed by atoms with Crippen LogP contribution in [0.15, 0.2) is 133 Å². The Labute approximate surface area is 345 Å². The highest BCUT2D eigenvalue weighted by Crippen LogP contribution is 2.55. The smallest absolute Gasteiger partial charge is 0.185 e. The van der Waals surface area contributed by atoms with Gasteiger partial charge in [0.25, 0.3) is 0 Å². The fraction of sp³-hybridized carbons (Fsp3) is 0. The second-order valence-corrected chi connectivity index (χ2v) is 15.3. The van der Waals surface area contributed by atoms with Crippen LogP contribution in [0.3, 0.4) is 0 Å². The highest BCUT2D eigenvalue weighted by atomic mass is 16.3. The highest BCUT2D eigenvalue weighted by Gasteiger charge is 2.34. The summed E-state index contributed by atoms with van der Waals surface area (Å²) >= 11 is 0. The lowest BCUT2D eigenvalue weighted by atomic mass is 9.82. The van der Waals surface area contributed by atoms with Gasteiger partial charge in [-0.2, -0.15) is 0 Å². The number of nitrogens with zero attached hydrogens (tertiary/aromatic N) is 2. The number of benzene rings is 8. The van der Waals surface area contributed by atoms with Crippen molar-refractivity contribution >= 4 is 83.5 Å². The van der Waals surface area contributed by atoms with Crippen molar-refractivity contribution in [3.8, 4) is 85.0 Å². The van der Waals surface area contributed by atoms with E-state index >= 15 is 0 Å². The van der Waals surface area contributed by atoms with Crippen molar-refractivity contribution < 1.29 is 35.7 Å². The Bertz CT molecular complexity index is 3420. The van der Waals surface area contributed by atoms with Crippen molar-refractivity contribution in [1.29, 1.82) is 0 Å². The second-order valence-electron chi connectivity index (χ2n) is 15.3. The molecule has 0 amide bonds. The molecule has 0 unspecified atom stereocenters. The van der Waals surface area contributed by atoms with E-state index < -0.39 is 23.0 Å². The molecule has 0 aliphatic heterocycles. The van der Waals surface area contributed by atoms with Crippen LogP contribution >= 0.6 is 0 Å². The van der Waals surface area contributed by atoms with E-state index in [4.69, 9.17) is 0 Å². The fourth-order valence-electron chi connectivity index (χ4n) is 8.91. The minimum atomic E-state index is -0.580. The third-order valence-corrected chi connectivity index (χ3v) is 12.0. The quantitative estimate of drug-likeness (QED) is 0.0683. The summed E-state index contributed by atoms with van der Waals surface area (Å²) in [4.78, 5) is 0. The number of aromatic nitrogens is 2. The molecule has 8 aromatic carbocycles. The van der Waals surface area contributed by atoms with Crippen molar-refractivity contribution in [2.24, 2.45) is 0 Å². The van der Waals surface area contributed by atoms with Gasteiger partial charge in [-0.3, -0.25) is 0 Å². The molecule has 60 heavy (non-hydrogen) atoms. The number of phenols is 7. The Hall–Kier alpha value is -7.85. The number of phenolic OH excluding ortho intramolecular Hbond substituents is 7. The standard InChI is InChI=1S/C48H35B3N2O7/c49-35-38-33(42(54)36(50)44(35)56)31-32-34-41(46(58)45(57)37(51)43(34)55)53(30-16-8-14-28(22-30)26-19-17-25(18-20-26)23-9-3-1-4-10-23)40(32)48(60)47(59)39(31)52(38)29-15-7-13-27(21-29)24-11-5-2-6-12-24/h1-22,54-60H,49-51H2. The van der Waals surface area contributed by atoms with Gasteiger partial charge in [0.1, 0.15) is 57.3 Å². The van der Waals surface area contributed by atoms with Gasteiger partial charge in [0.2, 0.25) is 0 Å². The van der Waals surface area contributed by atoms with Crippen LogP contribution in [-0.4, -0.2) is 68.4 Å². The molecular weight excluding hydrogens is 749 g/mol. The zero-order valence-electron chi connectivity index (χ0n) is 32.7. The predicted octanol–water partition coefficient (Wildman–Crippen LogP) is 5.60. The Kier molecular flexibility index (Phi) is 8.12. The summed E-state index contributed by atoms with van der Waals surface area (Å²) in [6.07, 6.45) is 0. The maximum Gasteiger partial charge on any atom is 0.185 e. The molecule has 10 aromatic rings. The van der Waals surface area contributed by atoms with E-state index in [2.05, 4.69) is 0 Å². The summed E-state index contributed by atoms with van der Waals surface area (Å²) in [5.74, 6) is -3.05. The third kappa shape index (κ3) is 5.10. The molecule has 0 fully saturated rings. The fourth-order valence-corrected chi connectivity index (χ4v) is 8.91. The van der Waals surface area contributed by atoms with E-state index in [1.54, 1.807) is 26.3 Å². The lowest BCUT2D eigenvalue weighted by Crippen LogP contribution is -2.18. The molecule has 0 aliphatic carbocycles. The molecule has 10 rings (SSSR count). The summed E-state index contributed by atoms with van der Waals surface area (Å²) in [6.45, 7) is 0. The van der Waals surface area contributed by atoms with Crippen LogP contribution in [0.5, 0.6) is 40.2 Å². The molecule has 0 atom stereocenters. The zero-order chi connectivity index (χ0) is 41.7. The van der Waals surface area contributed by atoms with Crippen LogP contribution in [0.2, 0.25) is 0 Å². The van der Waals surface area contributed by atoms with Gasteiger partial charge >= 0.3 is 0 Å².